The summed E-state index contributed by atoms with van der Waals surface area (Å²) in [6.07, 6.45) is 0.190. The highest BCUT2D eigenvalue weighted by molar-refractivity contribution is 9.10. The van der Waals surface area contributed by atoms with Crippen molar-refractivity contribution in [3.63, 3.8) is 0 Å². The van der Waals surface area contributed by atoms with Gasteiger partial charge in [-0.05, 0) is 41.0 Å². The molecule has 0 saturated heterocycles. The van der Waals surface area contributed by atoms with Crippen LogP contribution in [0.3, 0.4) is 0 Å². The summed E-state index contributed by atoms with van der Waals surface area (Å²) in [5.74, 6) is -0.360. The highest BCUT2D eigenvalue weighted by Gasteiger charge is 2.15. The van der Waals surface area contributed by atoms with Crippen LogP contribution >= 0.6 is 15.9 Å². The van der Waals surface area contributed by atoms with Crippen molar-refractivity contribution in [3.05, 3.63) is 68.9 Å². The SMILES string of the molecule is O=C(Cc1cc(F)cc(Br)c1)c1ccc2c(c1)COC2. The van der Waals surface area contributed by atoms with Crippen LogP contribution in [0.25, 0.3) is 0 Å². The van der Waals surface area contributed by atoms with Gasteiger partial charge >= 0.3 is 0 Å². The molecular weight excluding hydrogens is 323 g/mol. The van der Waals surface area contributed by atoms with Crippen LogP contribution in [0.5, 0.6) is 0 Å². The van der Waals surface area contributed by atoms with E-state index < -0.39 is 0 Å². The van der Waals surface area contributed by atoms with Crippen molar-refractivity contribution in [1.82, 2.24) is 0 Å². The van der Waals surface area contributed by atoms with Crippen molar-refractivity contribution < 1.29 is 13.9 Å². The molecular formula is C16H12BrFO2. The topological polar surface area (TPSA) is 26.3 Å². The monoisotopic (exact) mass is 334 g/mol. The highest BCUT2D eigenvalue weighted by atomic mass is 79.9. The number of halogens is 2. The number of rotatable bonds is 3. The number of benzene rings is 2. The molecule has 0 bridgehead atoms. The fourth-order valence-corrected chi connectivity index (χ4v) is 2.86. The number of carbonyl (C=O) groups is 1. The molecule has 2 aromatic carbocycles. The first-order valence-corrected chi connectivity index (χ1v) is 7.09. The van der Waals surface area contributed by atoms with Crippen molar-refractivity contribution in [2.45, 2.75) is 19.6 Å². The molecule has 0 aliphatic carbocycles. The van der Waals surface area contributed by atoms with Gasteiger partial charge in [-0.25, -0.2) is 4.39 Å². The van der Waals surface area contributed by atoms with Gasteiger partial charge < -0.3 is 4.74 Å². The van der Waals surface area contributed by atoms with Crippen LogP contribution in [-0.2, 0) is 24.4 Å². The number of hydrogen-bond acceptors (Lipinski definition) is 2. The first kappa shape index (κ1) is 13.5. The summed E-state index contributed by atoms with van der Waals surface area (Å²) in [4.78, 5) is 12.3. The van der Waals surface area contributed by atoms with Crippen LogP contribution in [-0.4, -0.2) is 5.78 Å². The molecule has 0 atom stereocenters. The van der Waals surface area contributed by atoms with Crippen molar-refractivity contribution in [2.75, 3.05) is 0 Å². The summed E-state index contributed by atoms with van der Waals surface area (Å²) >= 11 is 3.23. The highest BCUT2D eigenvalue weighted by Crippen LogP contribution is 2.22. The standard InChI is InChI=1S/C16H12BrFO2/c17-14-3-10(4-15(18)7-14)5-16(19)11-1-2-12-8-20-9-13(12)6-11/h1-4,6-7H,5,8-9H2. The number of fused-ring (bicyclic) bond motifs is 1. The number of carbonyl (C=O) groups excluding carboxylic acids is 1. The largest absolute Gasteiger partial charge is 0.372 e. The van der Waals surface area contributed by atoms with Crippen LogP contribution in [0.2, 0.25) is 0 Å². The second-order valence-corrected chi connectivity index (χ2v) is 5.77. The van der Waals surface area contributed by atoms with E-state index in [4.69, 9.17) is 4.74 Å². The maximum absolute atomic E-state index is 13.3. The third kappa shape index (κ3) is 2.81. The maximum Gasteiger partial charge on any atom is 0.167 e. The van der Waals surface area contributed by atoms with E-state index in [1.54, 1.807) is 6.07 Å². The molecule has 1 aliphatic rings. The van der Waals surface area contributed by atoms with Crippen LogP contribution in [0.1, 0.15) is 27.0 Å². The van der Waals surface area contributed by atoms with Crippen molar-refractivity contribution in [1.29, 1.82) is 0 Å². The zero-order valence-corrected chi connectivity index (χ0v) is 12.2. The smallest absolute Gasteiger partial charge is 0.167 e. The van der Waals surface area contributed by atoms with E-state index in [-0.39, 0.29) is 18.0 Å². The quantitative estimate of drug-likeness (QED) is 0.791. The second-order valence-electron chi connectivity index (χ2n) is 4.85. The van der Waals surface area contributed by atoms with E-state index in [2.05, 4.69) is 15.9 Å². The van der Waals surface area contributed by atoms with Crippen molar-refractivity contribution >= 4 is 21.7 Å². The van der Waals surface area contributed by atoms with Crippen LogP contribution in [0, 0.1) is 5.82 Å². The van der Waals surface area contributed by atoms with Crippen LogP contribution < -0.4 is 0 Å². The van der Waals surface area contributed by atoms with Gasteiger partial charge in [0.1, 0.15) is 5.82 Å². The van der Waals surface area contributed by atoms with Gasteiger partial charge in [-0.2, -0.15) is 0 Å². The molecule has 20 heavy (non-hydrogen) atoms. The molecule has 102 valence electrons. The van der Waals surface area contributed by atoms with E-state index in [1.807, 2.05) is 18.2 Å². The Balaban J connectivity index is 1.82. The minimum absolute atomic E-state index is 0.0165. The Morgan fingerprint density at radius 1 is 1.15 bits per heavy atom. The first-order valence-electron chi connectivity index (χ1n) is 6.29. The summed E-state index contributed by atoms with van der Waals surface area (Å²) in [5, 5.41) is 0. The molecule has 4 heteroatoms. The summed E-state index contributed by atoms with van der Waals surface area (Å²) in [5.41, 5.74) is 3.51. The van der Waals surface area contributed by atoms with E-state index >= 15 is 0 Å². The number of ketones is 1. The molecule has 0 aromatic heterocycles. The minimum Gasteiger partial charge on any atom is -0.372 e. The minimum atomic E-state index is -0.343. The predicted octanol–water partition coefficient (Wildman–Crippen LogP) is 4.04. The molecule has 0 saturated carbocycles. The number of Topliss-reactive ketones (excluding diaryl/α,β-unsaturated/α-hetero) is 1. The predicted molar refractivity (Wildman–Crippen MR) is 77.1 cm³/mol. The van der Waals surface area contributed by atoms with Gasteiger partial charge in [0, 0.05) is 16.5 Å². The van der Waals surface area contributed by atoms with Gasteiger partial charge in [0.15, 0.2) is 5.78 Å². The molecule has 0 fully saturated rings. The summed E-state index contributed by atoms with van der Waals surface area (Å²) in [7, 11) is 0. The molecule has 2 aromatic rings. The average Bonchev–Trinajstić information content (AvgIpc) is 2.84. The third-order valence-corrected chi connectivity index (χ3v) is 3.79. The fraction of sp³-hybridized carbons (Fsp3) is 0.188. The van der Waals surface area contributed by atoms with E-state index in [1.165, 1.54) is 12.1 Å². The maximum atomic E-state index is 13.3. The number of hydrogen-bond donors (Lipinski definition) is 0. The Bertz CT molecular complexity index is 662. The Hall–Kier alpha value is -1.52. The molecule has 2 nitrogen and oxygen atoms in total. The average molecular weight is 335 g/mol. The Morgan fingerprint density at radius 2 is 1.95 bits per heavy atom. The molecule has 0 unspecified atom stereocenters. The van der Waals surface area contributed by atoms with E-state index in [9.17, 15) is 9.18 Å². The van der Waals surface area contributed by atoms with Crippen LogP contribution in [0.4, 0.5) is 4.39 Å². The Labute approximate surface area is 124 Å². The van der Waals surface area contributed by atoms with Gasteiger partial charge in [-0.3, -0.25) is 4.79 Å². The third-order valence-electron chi connectivity index (χ3n) is 3.33. The van der Waals surface area contributed by atoms with Gasteiger partial charge in [-0.15, -0.1) is 0 Å². The molecule has 0 radical (unpaired) electrons. The first-order chi connectivity index (χ1) is 9.61. The summed E-state index contributed by atoms with van der Waals surface area (Å²) < 4.78 is 19.3. The Kier molecular flexibility index (Phi) is 3.68. The Morgan fingerprint density at radius 3 is 2.75 bits per heavy atom. The van der Waals surface area contributed by atoms with Gasteiger partial charge in [0.05, 0.1) is 13.2 Å². The summed E-state index contributed by atoms with van der Waals surface area (Å²) in [6, 6.07) is 10.1. The molecule has 0 spiro atoms. The molecule has 1 heterocycles. The zero-order chi connectivity index (χ0) is 14.1. The number of ether oxygens (including phenoxy) is 1. The molecule has 0 amide bonds. The second kappa shape index (κ2) is 5.46. The van der Waals surface area contributed by atoms with Crippen molar-refractivity contribution in [3.8, 4) is 0 Å². The van der Waals surface area contributed by atoms with Crippen molar-refractivity contribution in [2.24, 2.45) is 0 Å². The molecule has 1 aliphatic heterocycles. The van der Waals surface area contributed by atoms with E-state index in [0.29, 0.717) is 28.8 Å². The normalized spacial score (nSPS) is 13.3. The summed E-state index contributed by atoms with van der Waals surface area (Å²) in [6.45, 7) is 1.17. The molecule has 0 N–H and O–H groups in total. The van der Waals surface area contributed by atoms with Gasteiger partial charge in [0.25, 0.3) is 0 Å². The van der Waals surface area contributed by atoms with Gasteiger partial charge in [0.2, 0.25) is 0 Å². The zero-order valence-electron chi connectivity index (χ0n) is 10.7. The molecule has 3 rings (SSSR count). The van der Waals surface area contributed by atoms with E-state index in [0.717, 1.165) is 11.1 Å². The van der Waals surface area contributed by atoms with Crippen LogP contribution in [0.15, 0.2) is 40.9 Å². The van der Waals surface area contributed by atoms with Gasteiger partial charge in [-0.1, -0.05) is 28.1 Å². The lowest BCUT2D eigenvalue weighted by atomic mass is 9.99. The lowest BCUT2D eigenvalue weighted by Gasteiger charge is -2.05. The fourth-order valence-electron chi connectivity index (χ4n) is 2.35. The lowest BCUT2D eigenvalue weighted by Crippen LogP contribution is -2.04. The lowest BCUT2D eigenvalue weighted by molar-refractivity contribution is 0.0992.